The number of hydrogen-bond donors (Lipinski definition) is 0. The van der Waals surface area contributed by atoms with Crippen molar-refractivity contribution in [2.45, 2.75) is 37.3 Å². The lowest BCUT2D eigenvalue weighted by Crippen LogP contribution is -2.38. The van der Waals surface area contributed by atoms with Crippen molar-refractivity contribution in [2.75, 3.05) is 13.2 Å². The Labute approximate surface area is 141 Å². The van der Waals surface area contributed by atoms with Gasteiger partial charge in [0.05, 0.1) is 25.4 Å². The van der Waals surface area contributed by atoms with E-state index in [-0.39, 0.29) is 24.4 Å². The summed E-state index contributed by atoms with van der Waals surface area (Å²) in [4.78, 5) is 0. The molecule has 128 valence electrons. The molecule has 0 aliphatic carbocycles. The van der Waals surface area contributed by atoms with Gasteiger partial charge in [0, 0.05) is 0 Å². The lowest BCUT2D eigenvalue weighted by Gasteiger charge is -2.31. The predicted octanol–water partition coefficient (Wildman–Crippen LogP) is 4.41. The molecule has 0 amide bonds. The van der Waals surface area contributed by atoms with E-state index < -0.39 is 0 Å². The third kappa shape index (κ3) is 8.50. The first kappa shape index (κ1) is 21.3. The van der Waals surface area contributed by atoms with Crippen molar-refractivity contribution in [3.63, 3.8) is 0 Å². The van der Waals surface area contributed by atoms with E-state index in [0.29, 0.717) is 26.1 Å². The molecule has 4 atom stereocenters. The maximum Gasteiger partial charge on any atom is 0.103 e. The number of rotatable bonds is 16. The van der Waals surface area contributed by atoms with E-state index in [2.05, 4.69) is 39.5 Å². The van der Waals surface area contributed by atoms with Crippen LogP contribution >= 0.6 is 0 Å². The molecule has 0 unspecified atom stereocenters. The lowest BCUT2D eigenvalue weighted by atomic mass is 10.1. The molecule has 0 aliphatic rings. The smallest absolute Gasteiger partial charge is 0.103 e. The molecule has 3 nitrogen and oxygen atoms in total. The summed E-state index contributed by atoms with van der Waals surface area (Å²) < 4.78 is 17.6. The first-order valence-corrected chi connectivity index (χ1v) is 7.75. The second-order valence-corrected chi connectivity index (χ2v) is 4.91. The van der Waals surface area contributed by atoms with E-state index >= 15 is 0 Å². The monoisotopic (exact) mass is 318 g/mol. The van der Waals surface area contributed by atoms with Gasteiger partial charge >= 0.3 is 0 Å². The van der Waals surface area contributed by atoms with Gasteiger partial charge in [-0.2, -0.15) is 0 Å². The van der Waals surface area contributed by atoms with Gasteiger partial charge in [-0.1, -0.05) is 36.5 Å². The Kier molecular flexibility index (Phi) is 12.9. The molecule has 0 N–H and O–H groups in total. The molecule has 3 heteroatoms. The van der Waals surface area contributed by atoms with Crippen LogP contribution in [0.15, 0.2) is 75.9 Å². The van der Waals surface area contributed by atoms with Crippen molar-refractivity contribution in [2.24, 2.45) is 0 Å². The average Bonchev–Trinajstić information content (AvgIpc) is 2.57. The van der Waals surface area contributed by atoms with E-state index in [1.54, 1.807) is 36.5 Å². The van der Waals surface area contributed by atoms with Crippen LogP contribution in [0.2, 0.25) is 0 Å². The number of hydrogen-bond acceptors (Lipinski definition) is 3. The number of ether oxygens (including phenoxy) is 3. The van der Waals surface area contributed by atoms with Crippen molar-refractivity contribution < 1.29 is 14.2 Å². The summed E-state index contributed by atoms with van der Waals surface area (Å²) in [6.45, 7) is 23.4. The third-order valence-corrected chi connectivity index (χ3v) is 3.17. The Morgan fingerprint density at radius 1 is 0.609 bits per heavy atom. The van der Waals surface area contributed by atoms with Crippen LogP contribution in [0, 0.1) is 0 Å². The van der Waals surface area contributed by atoms with Crippen molar-refractivity contribution in [3.8, 4) is 0 Å². The maximum absolute atomic E-state index is 6.12. The van der Waals surface area contributed by atoms with Gasteiger partial charge in [-0.25, -0.2) is 0 Å². The van der Waals surface area contributed by atoms with Gasteiger partial charge in [0.1, 0.15) is 12.2 Å². The first-order chi connectivity index (χ1) is 11.2. The van der Waals surface area contributed by atoms with Gasteiger partial charge in [-0.3, -0.25) is 0 Å². The van der Waals surface area contributed by atoms with Crippen LogP contribution < -0.4 is 0 Å². The summed E-state index contributed by atoms with van der Waals surface area (Å²) in [5, 5.41) is 0. The van der Waals surface area contributed by atoms with Crippen LogP contribution in [0.3, 0.4) is 0 Å². The Hall–Kier alpha value is -1.68. The largest absolute Gasteiger partial charge is 0.371 e. The zero-order valence-corrected chi connectivity index (χ0v) is 14.1. The van der Waals surface area contributed by atoms with E-state index in [9.17, 15) is 0 Å². The second-order valence-electron chi connectivity index (χ2n) is 4.91. The van der Waals surface area contributed by atoms with Gasteiger partial charge in [-0.15, -0.1) is 39.5 Å². The van der Waals surface area contributed by atoms with Crippen molar-refractivity contribution in [3.05, 3.63) is 75.9 Å². The molecule has 0 heterocycles. The lowest BCUT2D eigenvalue weighted by molar-refractivity contribution is -0.103. The minimum atomic E-state index is -0.310. The molecular formula is C20H30O3. The minimum absolute atomic E-state index is 0.186. The van der Waals surface area contributed by atoms with Crippen LogP contribution in [0.1, 0.15) is 12.8 Å². The molecule has 0 saturated heterocycles. The van der Waals surface area contributed by atoms with Crippen LogP contribution in [0.5, 0.6) is 0 Å². The highest BCUT2D eigenvalue weighted by atomic mass is 16.6. The summed E-state index contributed by atoms with van der Waals surface area (Å²) in [5.41, 5.74) is 0. The first-order valence-electron chi connectivity index (χ1n) is 7.75. The van der Waals surface area contributed by atoms with Crippen LogP contribution in [0.25, 0.3) is 0 Å². The van der Waals surface area contributed by atoms with E-state index in [0.717, 1.165) is 0 Å². The van der Waals surface area contributed by atoms with Gasteiger partial charge in [0.2, 0.25) is 0 Å². The molecule has 0 rings (SSSR count). The molecular weight excluding hydrogens is 288 g/mol. The second kappa shape index (κ2) is 13.9. The zero-order valence-electron chi connectivity index (χ0n) is 14.1. The molecule has 0 bridgehead atoms. The van der Waals surface area contributed by atoms with Crippen molar-refractivity contribution in [1.82, 2.24) is 0 Å². The predicted molar refractivity (Wildman–Crippen MR) is 98.6 cm³/mol. The average molecular weight is 318 g/mol. The van der Waals surface area contributed by atoms with Crippen molar-refractivity contribution in [1.29, 1.82) is 0 Å². The molecule has 0 aromatic carbocycles. The topological polar surface area (TPSA) is 27.7 Å². The summed E-state index contributed by atoms with van der Waals surface area (Å²) in [7, 11) is 0. The summed E-state index contributed by atoms with van der Waals surface area (Å²) in [6.07, 6.45) is 10.8. The Morgan fingerprint density at radius 3 is 1.26 bits per heavy atom. The third-order valence-electron chi connectivity index (χ3n) is 3.17. The fourth-order valence-corrected chi connectivity index (χ4v) is 2.08. The van der Waals surface area contributed by atoms with Crippen LogP contribution in [0.4, 0.5) is 0 Å². The highest BCUT2D eigenvalue weighted by Crippen LogP contribution is 2.18. The molecule has 0 aliphatic heterocycles. The molecule has 0 saturated carbocycles. The van der Waals surface area contributed by atoms with E-state index in [1.165, 1.54) is 0 Å². The molecule has 0 spiro atoms. The fraction of sp³-hybridized carbons (Fsp3) is 0.400. The molecule has 0 aromatic rings. The van der Waals surface area contributed by atoms with Gasteiger partial charge in [0.15, 0.2) is 0 Å². The Balaban J connectivity index is 5.01. The zero-order chi connectivity index (χ0) is 17.5. The SMILES string of the molecule is C=CCO[C@@H](CC=C)[C@@H](C=C)O[C@H](C=C)[C@H](CC=C)OCC=C. The van der Waals surface area contributed by atoms with Gasteiger partial charge in [0.25, 0.3) is 0 Å². The van der Waals surface area contributed by atoms with Crippen LogP contribution in [-0.2, 0) is 14.2 Å². The normalized spacial score (nSPS) is 15.7. The highest BCUT2D eigenvalue weighted by Gasteiger charge is 2.26. The quantitative estimate of drug-likeness (QED) is 0.395. The van der Waals surface area contributed by atoms with E-state index in [1.807, 2.05) is 0 Å². The highest BCUT2D eigenvalue weighted by molar-refractivity contribution is 4.97. The van der Waals surface area contributed by atoms with E-state index in [4.69, 9.17) is 14.2 Å². The summed E-state index contributed by atoms with van der Waals surface area (Å²) >= 11 is 0. The van der Waals surface area contributed by atoms with Gasteiger partial charge < -0.3 is 14.2 Å². The minimum Gasteiger partial charge on any atom is -0.371 e. The standard InChI is InChI=1S/C20H30O3/c1-7-13-19(21-15-9-3)17(11-5)23-18(12-6)20(14-8-2)22-16-10-4/h7-12,17-20H,1-6,13-16H2/t17-,18-,19+,20+/m1/s1. The summed E-state index contributed by atoms with van der Waals surface area (Å²) in [5.74, 6) is 0. The Bertz CT molecular complexity index is 350. The molecule has 0 fully saturated rings. The van der Waals surface area contributed by atoms with Gasteiger partial charge in [-0.05, 0) is 12.8 Å². The fourth-order valence-electron chi connectivity index (χ4n) is 2.08. The van der Waals surface area contributed by atoms with Crippen molar-refractivity contribution >= 4 is 0 Å². The Morgan fingerprint density at radius 2 is 1.00 bits per heavy atom. The summed E-state index contributed by atoms with van der Waals surface area (Å²) in [6, 6.07) is 0. The van der Waals surface area contributed by atoms with Crippen LogP contribution in [-0.4, -0.2) is 37.6 Å². The molecule has 0 aromatic heterocycles. The molecule has 23 heavy (non-hydrogen) atoms. The molecule has 0 radical (unpaired) electrons. The maximum atomic E-state index is 6.12.